The first kappa shape index (κ1) is 50.7. The number of hydrogen-bond acceptors (Lipinski definition) is 8. The third-order valence-electron chi connectivity index (χ3n) is 8.14. The molecule has 0 aromatic rings. The number of aliphatic hydroxyl groups excluding tert-OH is 1. The SMILES string of the molecule is CC/C=C\C/C=C\C/C=C\C=C\C(O)C/C=C\CCCC(=O)OC(COC(=O)CCCCCCCCCCCCC)COP(=O)(O)OCC[N+](C)(C)C. The first-order valence-corrected chi connectivity index (χ1v) is 21.6. The molecule has 0 fully saturated rings. The number of nitrogens with zero attached hydrogens (tertiary/aromatic N) is 1. The quantitative estimate of drug-likeness (QED) is 0.0162. The lowest BCUT2D eigenvalue weighted by Crippen LogP contribution is -2.37. The van der Waals surface area contributed by atoms with Gasteiger partial charge in [-0.25, -0.2) is 4.57 Å². The second kappa shape index (κ2) is 34.2. The van der Waals surface area contributed by atoms with E-state index in [2.05, 4.69) is 38.2 Å². The summed E-state index contributed by atoms with van der Waals surface area (Å²) in [6, 6.07) is 0. The summed E-state index contributed by atoms with van der Waals surface area (Å²) in [4.78, 5) is 35.2. The van der Waals surface area contributed by atoms with Gasteiger partial charge in [-0.15, -0.1) is 0 Å². The Kier molecular flexibility index (Phi) is 32.7. The molecular formula is C42H75NO9P+. The Morgan fingerprint density at radius 3 is 1.94 bits per heavy atom. The van der Waals surface area contributed by atoms with Crippen LogP contribution in [0.1, 0.15) is 136 Å². The van der Waals surface area contributed by atoms with E-state index < -0.39 is 38.6 Å². The molecule has 53 heavy (non-hydrogen) atoms. The number of carbonyl (C=O) groups excluding carboxylic acids is 2. The van der Waals surface area contributed by atoms with Gasteiger partial charge in [0.2, 0.25) is 0 Å². The van der Waals surface area contributed by atoms with Crippen LogP contribution in [0.5, 0.6) is 0 Å². The lowest BCUT2D eigenvalue weighted by molar-refractivity contribution is -0.870. The average Bonchev–Trinajstić information content (AvgIpc) is 3.10. The fourth-order valence-corrected chi connectivity index (χ4v) is 5.70. The zero-order valence-corrected chi connectivity index (χ0v) is 34.7. The fourth-order valence-electron chi connectivity index (χ4n) is 4.96. The van der Waals surface area contributed by atoms with Crippen molar-refractivity contribution in [2.45, 2.75) is 148 Å². The van der Waals surface area contributed by atoms with Gasteiger partial charge in [-0.2, -0.15) is 0 Å². The van der Waals surface area contributed by atoms with E-state index in [-0.39, 0.29) is 26.1 Å². The first-order chi connectivity index (χ1) is 25.4. The number of aliphatic hydroxyl groups is 1. The van der Waals surface area contributed by atoms with Crippen LogP contribution in [0, 0.1) is 0 Å². The van der Waals surface area contributed by atoms with E-state index in [1.54, 1.807) is 6.08 Å². The van der Waals surface area contributed by atoms with E-state index in [9.17, 15) is 24.2 Å². The Morgan fingerprint density at radius 2 is 1.30 bits per heavy atom. The Bertz CT molecular complexity index is 1110. The second-order valence-electron chi connectivity index (χ2n) is 14.5. The monoisotopic (exact) mass is 769 g/mol. The maximum absolute atomic E-state index is 12.6. The normalized spacial score (nSPS) is 14.9. The van der Waals surface area contributed by atoms with Gasteiger partial charge in [-0.1, -0.05) is 139 Å². The van der Waals surface area contributed by atoms with Crippen LogP contribution >= 0.6 is 7.82 Å². The molecule has 0 aliphatic rings. The number of unbranched alkanes of at least 4 members (excludes halogenated alkanes) is 11. The lowest BCUT2D eigenvalue weighted by atomic mass is 10.1. The van der Waals surface area contributed by atoms with E-state index in [1.165, 1.54) is 51.4 Å². The molecule has 0 saturated carbocycles. The molecule has 0 aromatic carbocycles. The topological polar surface area (TPSA) is 129 Å². The molecule has 0 aliphatic heterocycles. The van der Waals surface area contributed by atoms with E-state index in [0.29, 0.717) is 30.3 Å². The molecule has 0 heterocycles. The molecule has 0 rings (SSSR count). The van der Waals surface area contributed by atoms with Gasteiger partial charge in [0.15, 0.2) is 6.10 Å². The zero-order chi connectivity index (χ0) is 39.5. The van der Waals surface area contributed by atoms with Crippen LogP contribution in [0.15, 0.2) is 60.8 Å². The number of allylic oxidation sites excluding steroid dienone is 8. The maximum atomic E-state index is 12.6. The molecular weight excluding hydrogens is 693 g/mol. The molecule has 3 unspecified atom stereocenters. The summed E-state index contributed by atoms with van der Waals surface area (Å²) in [6.45, 7) is 4.09. The van der Waals surface area contributed by atoms with Crippen molar-refractivity contribution >= 4 is 19.8 Å². The smallest absolute Gasteiger partial charge is 0.462 e. The molecule has 11 heteroatoms. The van der Waals surface area contributed by atoms with Gasteiger partial charge in [0.1, 0.15) is 19.8 Å². The largest absolute Gasteiger partial charge is 0.472 e. The first-order valence-electron chi connectivity index (χ1n) is 20.1. The number of carbonyl (C=O) groups is 2. The molecule has 0 spiro atoms. The van der Waals surface area contributed by atoms with Crippen molar-refractivity contribution in [2.24, 2.45) is 0 Å². The Hall–Kier alpha value is -2.33. The molecule has 0 aliphatic carbocycles. The van der Waals surface area contributed by atoms with Gasteiger partial charge >= 0.3 is 19.8 Å². The highest BCUT2D eigenvalue weighted by atomic mass is 31.2. The number of likely N-dealkylation sites (N-methyl/N-ethyl adjacent to an activating group) is 1. The van der Waals surface area contributed by atoms with E-state index in [1.807, 2.05) is 51.5 Å². The predicted octanol–water partition coefficient (Wildman–Crippen LogP) is 9.87. The van der Waals surface area contributed by atoms with Crippen molar-refractivity contribution in [1.29, 1.82) is 0 Å². The van der Waals surface area contributed by atoms with E-state index in [0.717, 1.165) is 38.5 Å². The third-order valence-corrected chi connectivity index (χ3v) is 9.13. The molecule has 0 aromatic heterocycles. The summed E-state index contributed by atoms with van der Waals surface area (Å²) >= 11 is 0. The van der Waals surface area contributed by atoms with Crippen molar-refractivity contribution in [1.82, 2.24) is 0 Å². The molecule has 10 nitrogen and oxygen atoms in total. The minimum absolute atomic E-state index is 0.00298. The maximum Gasteiger partial charge on any atom is 0.472 e. The van der Waals surface area contributed by atoms with E-state index >= 15 is 0 Å². The third kappa shape index (κ3) is 37.8. The van der Waals surface area contributed by atoms with Crippen molar-refractivity contribution in [3.63, 3.8) is 0 Å². The fraction of sp³-hybridized carbons (Fsp3) is 0.714. The highest BCUT2D eigenvalue weighted by molar-refractivity contribution is 7.47. The van der Waals surface area contributed by atoms with Crippen LogP contribution in [0.3, 0.4) is 0 Å². The summed E-state index contributed by atoms with van der Waals surface area (Å²) in [7, 11) is 1.38. The van der Waals surface area contributed by atoms with Gasteiger partial charge in [0.25, 0.3) is 0 Å². The highest BCUT2D eigenvalue weighted by Gasteiger charge is 2.27. The number of rotatable bonds is 35. The molecule has 0 radical (unpaired) electrons. The van der Waals surface area contributed by atoms with Crippen LogP contribution < -0.4 is 0 Å². The van der Waals surface area contributed by atoms with Crippen LogP contribution in [0.25, 0.3) is 0 Å². The lowest BCUT2D eigenvalue weighted by Gasteiger charge is -2.24. The molecule has 2 N–H and O–H groups in total. The Morgan fingerprint density at radius 1 is 0.698 bits per heavy atom. The Labute approximate surface area is 322 Å². The van der Waals surface area contributed by atoms with Crippen LogP contribution in [-0.2, 0) is 32.7 Å². The molecule has 306 valence electrons. The van der Waals surface area contributed by atoms with Crippen molar-refractivity contribution in [3.05, 3.63) is 60.8 Å². The summed E-state index contributed by atoms with van der Waals surface area (Å²) < 4.78 is 34.0. The van der Waals surface area contributed by atoms with Crippen LogP contribution in [0.2, 0.25) is 0 Å². The van der Waals surface area contributed by atoms with Crippen molar-refractivity contribution in [3.8, 4) is 0 Å². The number of hydrogen-bond donors (Lipinski definition) is 2. The van der Waals surface area contributed by atoms with Crippen molar-refractivity contribution in [2.75, 3.05) is 47.5 Å². The summed E-state index contributed by atoms with van der Waals surface area (Å²) in [5.74, 6) is -0.941. The summed E-state index contributed by atoms with van der Waals surface area (Å²) in [6.07, 6.45) is 35.9. The number of ether oxygens (including phenoxy) is 2. The van der Waals surface area contributed by atoms with Gasteiger partial charge in [-0.3, -0.25) is 18.6 Å². The minimum atomic E-state index is -4.41. The number of quaternary nitrogens is 1. The second-order valence-corrected chi connectivity index (χ2v) is 15.9. The van der Waals surface area contributed by atoms with Crippen LogP contribution in [-0.4, -0.2) is 86.1 Å². The highest BCUT2D eigenvalue weighted by Crippen LogP contribution is 2.43. The molecule has 0 amide bonds. The molecule has 0 saturated heterocycles. The summed E-state index contributed by atoms with van der Waals surface area (Å²) in [5.41, 5.74) is 0. The number of esters is 2. The number of phosphoric acid groups is 1. The zero-order valence-electron chi connectivity index (χ0n) is 33.8. The average molecular weight is 769 g/mol. The standard InChI is InChI=1S/C42H74NO9P/c1-6-8-10-12-14-16-18-20-22-24-29-33-41(45)49-37-40(38-51-53(47,48)50-36-35-43(3,4)5)52-42(46)34-30-26-25-28-32-39(44)31-27-23-21-19-17-15-13-11-9-7-2/h9,11,15,17,21,23,25,27-28,31,39-40,44H,6-8,10,12-14,16,18-20,22,24,26,29-30,32-38H2,1-5H3/p+1/b11-9-,17-15-,23-21-,28-25-,31-27+. The number of phosphoric ester groups is 1. The van der Waals surface area contributed by atoms with Gasteiger partial charge in [-0.05, 0) is 44.9 Å². The van der Waals surface area contributed by atoms with Gasteiger partial charge < -0.3 is 24.0 Å². The molecule has 3 atom stereocenters. The van der Waals surface area contributed by atoms with Crippen LogP contribution in [0.4, 0.5) is 0 Å². The van der Waals surface area contributed by atoms with Gasteiger partial charge in [0, 0.05) is 12.8 Å². The van der Waals surface area contributed by atoms with Gasteiger partial charge in [0.05, 0.1) is 33.9 Å². The predicted molar refractivity (Wildman–Crippen MR) is 216 cm³/mol. The van der Waals surface area contributed by atoms with Crippen molar-refractivity contribution < 1.29 is 47.2 Å². The summed E-state index contributed by atoms with van der Waals surface area (Å²) in [5, 5.41) is 10.2. The Balaban J connectivity index is 4.62. The molecule has 0 bridgehead atoms. The van der Waals surface area contributed by atoms with E-state index in [4.69, 9.17) is 18.5 Å². The minimum Gasteiger partial charge on any atom is -0.462 e.